The molecular formula is C112H210N4. The zero-order valence-corrected chi connectivity index (χ0v) is 80.8. The summed E-state index contributed by atoms with van der Waals surface area (Å²) in [7, 11) is 9.04. The lowest BCUT2D eigenvalue weighted by Gasteiger charge is -2.33. The van der Waals surface area contributed by atoms with Gasteiger partial charge in [0.1, 0.15) is 0 Å². The number of unbranched alkanes of at least 4 members (excludes halogenated alkanes) is 46. The molecule has 3 atom stereocenters. The Hall–Kier alpha value is -2.76. The van der Waals surface area contributed by atoms with Crippen molar-refractivity contribution in [1.29, 1.82) is 0 Å². The van der Waals surface area contributed by atoms with Gasteiger partial charge in [-0.1, -0.05) is 420 Å². The van der Waals surface area contributed by atoms with Crippen molar-refractivity contribution in [2.75, 3.05) is 67.5 Å². The quantitative estimate of drug-likeness (QED) is 0.0444. The van der Waals surface area contributed by atoms with E-state index in [9.17, 15) is 0 Å². The minimum Gasteiger partial charge on any atom is -0.309 e. The van der Waals surface area contributed by atoms with Crippen LogP contribution >= 0.6 is 0 Å². The summed E-state index contributed by atoms with van der Waals surface area (Å²) in [6, 6.07) is 1.55. The summed E-state index contributed by atoms with van der Waals surface area (Å²) in [5.41, 5.74) is 0. The Morgan fingerprint density at radius 3 is 0.664 bits per heavy atom. The Labute approximate surface area is 731 Å². The van der Waals surface area contributed by atoms with Gasteiger partial charge in [-0.2, -0.15) is 0 Å². The van der Waals surface area contributed by atoms with Crippen LogP contribution in [0.3, 0.4) is 0 Å². The molecule has 0 saturated carbocycles. The summed E-state index contributed by atoms with van der Waals surface area (Å²) in [5, 5.41) is 0. The summed E-state index contributed by atoms with van der Waals surface area (Å²) in [6.45, 7) is 21.7. The first-order valence-corrected chi connectivity index (χ1v) is 52.5. The van der Waals surface area contributed by atoms with Gasteiger partial charge >= 0.3 is 0 Å². The highest BCUT2D eigenvalue weighted by Gasteiger charge is 2.21. The second-order valence-electron chi connectivity index (χ2n) is 36.8. The molecule has 0 aliphatic rings. The van der Waals surface area contributed by atoms with Crippen LogP contribution in [0.4, 0.5) is 0 Å². The van der Waals surface area contributed by atoms with Crippen LogP contribution < -0.4 is 0 Å². The van der Waals surface area contributed by atoms with E-state index in [2.05, 4.69) is 211 Å². The first-order valence-electron chi connectivity index (χ1n) is 52.5. The highest BCUT2D eigenvalue weighted by atomic mass is 15.2. The average molecular weight is 1610 g/mol. The van der Waals surface area contributed by atoms with Gasteiger partial charge in [-0.15, -0.1) is 0 Å². The molecule has 0 fully saturated rings. The maximum absolute atomic E-state index is 3.00. The van der Waals surface area contributed by atoms with E-state index in [1.165, 1.54) is 469 Å². The van der Waals surface area contributed by atoms with Crippen LogP contribution in [-0.4, -0.2) is 99.1 Å². The van der Waals surface area contributed by atoms with Crippen molar-refractivity contribution in [1.82, 2.24) is 19.6 Å². The Balaban J connectivity index is 4.89. The van der Waals surface area contributed by atoms with E-state index in [4.69, 9.17) is 0 Å². The summed E-state index contributed by atoms with van der Waals surface area (Å²) < 4.78 is 0. The minimum absolute atomic E-state index is 0.771. The third kappa shape index (κ3) is 86.2. The molecule has 0 aliphatic carbocycles. The van der Waals surface area contributed by atoms with Gasteiger partial charge in [0.05, 0.1) is 0 Å². The maximum Gasteiger partial charge on any atom is 0.00952 e. The van der Waals surface area contributed by atoms with Crippen LogP contribution in [0.2, 0.25) is 0 Å². The zero-order chi connectivity index (χ0) is 83.9. The Kier molecular flexibility index (Phi) is 95.4. The first-order chi connectivity index (χ1) is 57.3. The lowest BCUT2D eigenvalue weighted by molar-refractivity contribution is 0.159. The molecule has 4 heteroatoms. The molecule has 0 saturated heterocycles. The second kappa shape index (κ2) is 97.7. The Morgan fingerprint density at radius 2 is 0.397 bits per heavy atom. The molecule has 0 aromatic rings. The lowest BCUT2D eigenvalue weighted by atomic mass is 9.81. The number of rotatable bonds is 95. The number of hydrogen-bond donors (Lipinski definition) is 0. The standard InChI is InChI=1S/C112H210N4/c1-11-17-21-25-29-32-35-38-41-44-51-58-65-72-80-88-99-111(115(107-94-103-113(7)8)105-92-84-76-28-24-20-14-4)100-89-83-75-68-61-54-47-49-56-63-70-78-86-97-109(16-6)110(96-15-5)98-87-79-71-64-57-50-48-55-62-69-77-85-93-106-116(108-95-104-114(9)10)112(101-90-81-73-66-59-52-45-42-39-36-33-30-26-22-18-12-2)102-91-82-74-67-60-53-46-43-40-37-34-31-27-23-19-13-3/h29-34,38-43,49,56-57,64,70,78-79,87,109-112H,11-28,35-37,44-48,50-55,58-63,65-69,71-77,80-86,88-108H2,1-10H3/b32-29-,33-30-,34-31-,41-38-,42-39-,43-40-,56-49-,64-57-,78-70-,87-79-. The molecule has 678 valence electrons. The average Bonchev–Trinajstić information content (AvgIpc) is 0.911. The second-order valence-corrected chi connectivity index (χ2v) is 36.8. The zero-order valence-electron chi connectivity index (χ0n) is 80.8. The van der Waals surface area contributed by atoms with E-state index in [0.29, 0.717) is 0 Å². The van der Waals surface area contributed by atoms with Gasteiger partial charge in [0.2, 0.25) is 0 Å². The lowest BCUT2D eigenvalue weighted by Crippen LogP contribution is -2.38. The molecule has 0 aromatic heterocycles. The molecule has 0 N–H and O–H groups in total. The fourth-order valence-electron chi connectivity index (χ4n) is 17.5. The molecule has 116 heavy (non-hydrogen) atoms. The van der Waals surface area contributed by atoms with Crippen molar-refractivity contribution >= 4 is 0 Å². The molecule has 0 amide bonds. The number of hydrogen-bond acceptors (Lipinski definition) is 4. The highest BCUT2D eigenvalue weighted by molar-refractivity contribution is 4.98. The van der Waals surface area contributed by atoms with Crippen molar-refractivity contribution in [2.24, 2.45) is 11.8 Å². The summed E-state index contributed by atoms with van der Waals surface area (Å²) in [4.78, 5) is 10.8. The van der Waals surface area contributed by atoms with E-state index in [1.807, 2.05) is 0 Å². The van der Waals surface area contributed by atoms with Gasteiger partial charge in [-0.05, 0) is 285 Å². The van der Waals surface area contributed by atoms with Crippen LogP contribution in [0, 0.1) is 11.8 Å². The highest BCUT2D eigenvalue weighted by Crippen LogP contribution is 2.30. The molecule has 3 unspecified atom stereocenters. The van der Waals surface area contributed by atoms with Gasteiger partial charge in [0, 0.05) is 12.1 Å². The van der Waals surface area contributed by atoms with Gasteiger partial charge in [0.25, 0.3) is 0 Å². The fourth-order valence-corrected chi connectivity index (χ4v) is 17.5. The van der Waals surface area contributed by atoms with Crippen molar-refractivity contribution in [3.63, 3.8) is 0 Å². The van der Waals surface area contributed by atoms with E-state index in [1.54, 1.807) is 0 Å². The van der Waals surface area contributed by atoms with Crippen LogP contribution in [0.15, 0.2) is 122 Å². The number of nitrogens with zero attached hydrogens (tertiary/aromatic N) is 4. The molecule has 0 heterocycles. The molecule has 4 nitrogen and oxygen atoms in total. The van der Waals surface area contributed by atoms with Gasteiger partial charge in [-0.25, -0.2) is 0 Å². The third-order valence-electron chi connectivity index (χ3n) is 25.1. The molecule has 0 aromatic carbocycles. The first kappa shape index (κ1) is 113. The Morgan fingerprint density at radius 1 is 0.172 bits per heavy atom. The summed E-state index contributed by atoms with van der Waals surface area (Å²) in [6.07, 6.45) is 146. The van der Waals surface area contributed by atoms with E-state index >= 15 is 0 Å². The van der Waals surface area contributed by atoms with Crippen molar-refractivity contribution in [2.45, 2.75) is 516 Å². The largest absolute Gasteiger partial charge is 0.309 e. The third-order valence-corrected chi connectivity index (χ3v) is 25.1. The van der Waals surface area contributed by atoms with Gasteiger partial charge in [0.15, 0.2) is 0 Å². The van der Waals surface area contributed by atoms with Crippen molar-refractivity contribution in [3.8, 4) is 0 Å². The fraction of sp³-hybridized carbons (Fsp3) is 0.821. The topological polar surface area (TPSA) is 13.0 Å². The summed E-state index contributed by atoms with van der Waals surface area (Å²) in [5.74, 6) is 1.65. The Bertz CT molecular complexity index is 2140. The molecular weight excluding hydrogens is 1400 g/mol. The molecule has 0 aliphatic heterocycles. The molecule has 0 radical (unpaired) electrons. The SMILES string of the molecule is CCCCC/C=C\C/C=C\CCCCCCCCC(CCCCCCCC/C=C\C/C=C\CCC(CC)C(C/C=C\C/C=C\CCCCCCCCCN(CCCN(C)C)C(CCCCCCCC/C=C\C/C=C\CCCCC)CCCCCCCC/C=C\C/C=C\CCCCC)CCC)N(CCCCCCCCC)CCCN(C)C. The number of allylic oxidation sites excluding steroid dienone is 20. The molecule has 0 rings (SSSR count). The van der Waals surface area contributed by atoms with Crippen molar-refractivity contribution in [3.05, 3.63) is 122 Å². The normalized spacial score (nSPS) is 13.6. The van der Waals surface area contributed by atoms with Crippen LogP contribution in [-0.2, 0) is 0 Å². The van der Waals surface area contributed by atoms with E-state index in [-0.39, 0.29) is 0 Å². The van der Waals surface area contributed by atoms with Crippen LogP contribution in [0.5, 0.6) is 0 Å². The predicted octanol–water partition coefficient (Wildman–Crippen LogP) is 36.5. The van der Waals surface area contributed by atoms with Gasteiger partial charge in [-0.3, -0.25) is 0 Å². The smallest absolute Gasteiger partial charge is 0.00952 e. The minimum atomic E-state index is 0.771. The van der Waals surface area contributed by atoms with Gasteiger partial charge < -0.3 is 19.6 Å². The van der Waals surface area contributed by atoms with E-state index < -0.39 is 0 Å². The molecule has 0 bridgehead atoms. The van der Waals surface area contributed by atoms with Crippen molar-refractivity contribution < 1.29 is 0 Å². The summed E-state index contributed by atoms with van der Waals surface area (Å²) >= 11 is 0. The van der Waals surface area contributed by atoms with Crippen LogP contribution in [0.25, 0.3) is 0 Å². The predicted molar refractivity (Wildman–Crippen MR) is 533 cm³/mol. The van der Waals surface area contributed by atoms with E-state index in [0.717, 1.165) is 56.0 Å². The monoisotopic (exact) mass is 1610 g/mol. The molecule has 0 spiro atoms. The van der Waals surface area contributed by atoms with Crippen LogP contribution in [0.1, 0.15) is 504 Å². The maximum atomic E-state index is 3.00.